The Labute approximate surface area is 149 Å². The van der Waals surface area contributed by atoms with Crippen molar-refractivity contribution >= 4 is 50.1 Å². The van der Waals surface area contributed by atoms with Gasteiger partial charge in [0.05, 0.1) is 13.2 Å². The minimum Gasteiger partial charge on any atom is -0.470 e. The Morgan fingerprint density at radius 3 is 3.00 bits per heavy atom. The van der Waals surface area contributed by atoms with Gasteiger partial charge in [-0.15, -0.1) is 11.3 Å². The molecule has 1 aromatic carbocycles. The molecule has 1 aromatic heterocycles. The van der Waals surface area contributed by atoms with E-state index in [0.717, 1.165) is 11.3 Å². The highest BCUT2D eigenvalue weighted by atomic mass is 32.2. The van der Waals surface area contributed by atoms with Crippen LogP contribution < -0.4 is 10.0 Å². The molecule has 0 saturated heterocycles. The summed E-state index contributed by atoms with van der Waals surface area (Å²) in [5, 5.41) is 5.02. The molecule has 0 spiro atoms. The summed E-state index contributed by atoms with van der Waals surface area (Å²) >= 11 is 6.27. The van der Waals surface area contributed by atoms with Crippen molar-refractivity contribution in [3.8, 4) is 0 Å². The second kappa shape index (κ2) is 7.06. The van der Waals surface area contributed by atoms with Crippen LogP contribution in [0.25, 0.3) is 0 Å². The van der Waals surface area contributed by atoms with E-state index >= 15 is 0 Å². The number of rotatable bonds is 5. The van der Waals surface area contributed by atoms with Crippen molar-refractivity contribution in [2.45, 2.75) is 10.1 Å². The van der Waals surface area contributed by atoms with Gasteiger partial charge in [-0.25, -0.2) is 8.42 Å². The van der Waals surface area contributed by atoms with Gasteiger partial charge in [-0.3, -0.25) is 4.72 Å². The molecule has 0 amide bonds. The second-order valence-corrected chi connectivity index (χ2v) is 8.44. The largest absolute Gasteiger partial charge is 0.470 e. The van der Waals surface area contributed by atoms with Crippen LogP contribution in [0.2, 0.25) is 0 Å². The van der Waals surface area contributed by atoms with Gasteiger partial charge in [0.15, 0.2) is 0 Å². The molecule has 0 bridgehead atoms. The number of thiocarbonyl (C=S) groups is 1. The standard InChI is InChI=1S/C15H16N2O4S3/c1-20-8-10-9-21-15(22)16-13-5-4-11(7-12(10)13)17-24(18,19)14-3-2-6-23-14/h2-7,10,17H,8-9H2,1H3,(H,16,22). The second-order valence-electron chi connectivity index (χ2n) is 5.22. The minimum atomic E-state index is -3.59. The lowest BCUT2D eigenvalue weighted by molar-refractivity contribution is 0.150. The Hall–Kier alpha value is -1.68. The predicted octanol–water partition coefficient (Wildman–Crippen LogP) is 3.01. The Morgan fingerprint density at radius 2 is 2.29 bits per heavy atom. The molecule has 2 heterocycles. The van der Waals surface area contributed by atoms with Crippen molar-refractivity contribution in [1.82, 2.24) is 0 Å². The summed E-state index contributed by atoms with van der Waals surface area (Å²) in [6.07, 6.45) is 0. The van der Waals surface area contributed by atoms with Crippen LogP contribution in [-0.4, -0.2) is 33.9 Å². The fourth-order valence-electron chi connectivity index (χ4n) is 2.45. The summed E-state index contributed by atoms with van der Waals surface area (Å²) < 4.78 is 38.3. The average Bonchev–Trinajstić information content (AvgIpc) is 3.03. The number of benzene rings is 1. The molecule has 0 fully saturated rings. The van der Waals surface area contributed by atoms with Gasteiger partial charge in [-0.05, 0) is 47.4 Å². The average molecular weight is 385 g/mol. The third-order valence-electron chi connectivity index (χ3n) is 3.52. The third kappa shape index (κ3) is 3.69. The zero-order valence-electron chi connectivity index (χ0n) is 12.8. The fraction of sp³-hybridized carbons (Fsp3) is 0.267. The number of ether oxygens (including phenoxy) is 2. The quantitative estimate of drug-likeness (QED) is 0.772. The van der Waals surface area contributed by atoms with Crippen molar-refractivity contribution in [2.75, 3.05) is 30.4 Å². The molecule has 3 rings (SSSR count). The highest BCUT2D eigenvalue weighted by molar-refractivity contribution is 7.94. The first-order valence-corrected chi connectivity index (χ1v) is 9.89. The van der Waals surface area contributed by atoms with Crippen LogP contribution in [0.5, 0.6) is 0 Å². The Morgan fingerprint density at radius 1 is 1.46 bits per heavy atom. The summed E-state index contributed by atoms with van der Waals surface area (Å²) in [6.45, 7) is 0.812. The third-order valence-corrected chi connectivity index (χ3v) is 6.52. The summed E-state index contributed by atoms with van der Waals surface area (Å²) in [5.41, 5.74) is 2.17. The molecule has 24 heavy (non-hydrogen) atoms. The lowest BCUT2D eigenvalue weighted by atomic mass is 9.98. The lowest BCUT2D eigenvalue weighted by Crippen LogP contribution is -2.14. The SMILES string of the molecule is COCC1COC(=S)Nc2ccc(NS(=O)(=O)c3cccs3)cc21. The van der Waals surface area contributed by atoms with Gasteiger partial charge in [0.25, 0.3) is 15.2 Å². The molecule has 1 aliphatic heterocycles. The Bertz CT molecular complexity index is 834. The smallest absolute Gasteiger partial charge is 0.271 e. The maximum absolute atomic E-state index is 12.4. The summed E-state index contributed by atoms with van der Waals surface area (Å²) in [7, 11) is -1.98. The Kier molecular flexibility index (Phi) is 5.04. The van der Waals surface area contributed by atoms with Crippen LogP contribution in [0.3, 0.4) is 0 Å². The molecule has 1 atom stereocenters. The molecule has 2 N–H and O–H groups in total. The molecular weight excluding hydrogens is 368 g/mol. The van der Waals surface area contributed by atoms with Gasteiger partial charge < -0.3 is 14.8 Å². The van der Waals surface area contributed by atoms with Gasteiger partial charge in [0.2, 0.25) is 0 Å². The van der Waals surface area contributed by atoms with Crippen LogP contribution in [-0.2, 0) is 19.5 Å². The topological polar surface area (TPSA) is 76.7 Å². The van der Waals surface area contributed by atoms with E-state index in [1.165, 1.54) is 11.3 Å². The van der Waals surface area contributed by atoms with Gasteiger partial charge in [0, 0.05) is 24.4 Å². The lowest BCUT2D eigenvalue weighted by Gasteiger charge is -2.16. The predicted molar refractivity (Wildman–Crippen MR) is 98.4 cm³/mol. The van der Waals surface area contributed by atoms with E-state index in [-0.39, 0.29) is 10.1 Å². The van der Waals surface area contributed by atoms with E-state index in [1.54, 1.807) is 42.8 Å². The number of hydrogen-bond donors (Lipinski definition) is 2. The van der Waals surface area contributed by atoms with Crippen LogP contribution >= 0.6 is 23.6 Å². The maximum Gasteiger partial charge on any atom is 0.271 e. The molecule has 1 aliphatic rings. The molecule has 0 aliphatic carbocycles. The monoisotopic (exact) mass is 384 g/mol. The number of sulfonamides is 1. The number of methoxy groups -OCH3 is 1. The highest BCUT2D eigenvalue weighted by Crippen LogP contribution is 2.32. The van der Waals surface area contributed by atoms with E-state index in [4.69, 9.17) is 21.7 Å². The zero-order chi connectivity index (χ0) is 17.2. The molecule has 6 nitrogen and oxygen atoms in total. The number of thiophene rings is 1. The van der Waals surface area contributed by atoms with E-state index in [2.05, 4.69) is 10.0 Å². The first kappa shape index (κ1) is 17.2. The van der Waals surface area contributed by atoms with Crippen molar-refractivity contribution < 1.29 is 17.9 Å². The maximum atomic E-state index is 12.4. The van der Waals surface area contributed by atoms with Crippen LogP contribution in [0.4, 0.5) is 11.4 Å². The molecule has 9 heteroatoms. The number of nitrogens with one attached hydrogen (secondary N) is 2. The van der Waals surface area contributed by atoms with Gasteiger partial charge >= 0.3 is 0 Å². The van der Waals surface area contributed by atoms with E-state index in [0.29, 0.717) is 24.1 Å². The van der Waals surface area contributed by atoms with Crippen LogP contribution in [0, 0.1) is 0 Å². The molecule has 0 saturated carbocycles. The van der Waals surface area contributed by atoms with Crippen LogP contribution in [0.15, 0.2) is 39.9 Å². The van der Waals surface area contributed by atoms with Crippen molar-refractivity contribution in [1.29, 1.82) is 0 Å². The van der Waals surface area contributed by atoms with E-state index < -0.39 is 10.0 Å². The van der Waals surface area contributed by atoms with E-state index in [1.807, 2.05) is 0 Å². The number of hydrogen-bond acceptors (Lipinski definition) is 6. The number of fused-ring (bicyclic) bond motifs is 1. The van der Waals surface area contributed by atoms with Gasteiger partial charge in [-0.2, -0.15) is 0 Å². The normalized spacial score (nSPS) is 17.4. The van der Waals surface area contributed by atoms with Crippen molar-refractivity contribution in [3.63, 3.8) is 0 Å². The molecule has 128 valence electrons. The van der Waals surface area contributed by atoms with Crippen molar-refractivity contribution in [3.05, 3.63) is 41.3 Å². The summed E-state index contributed by atoms with van der Waals surface area (Å²) in [4.78, 5) is 0. The van der Waals surface area contributed by atoms with Gasteiger partial charge in [-0.1, -0.05) is 6.07 Å². The highest BCUT2D eigenvalue weighted by Gasteiger charge is 2.23. The van der Waals surface area contributed by atoms with Crippen LogP contribution in [0.1, 0.15) is 11.5 Å². The van der Waals surface area contributed by atoms with Crippen molar-refractivity contribution in [2.24, 2.45) is 0 Å². The molecule has 1 unspecified atom stereocenters. The minimum absolute atomic E-state index is 0.0517. The molecule has 2 aromatic rings. The first-order valence-electron chi connectivity index (χ1n) is 7.12. The summed E-state index contributed by atoms with van der Waals surface area (Å²) in [5.74, 6) is -0.0517. The van der Waals surface area contributed by atoms with Gasteiger partial charge in [0.1, 0.15) is 4.21 Å². The summed E-state index contributed by atoms with van der Waals surface area (Å²) in [6, 6.07) is 8.53. The fourth-order valence-corrected chi connectivity index (χ4v) is 4.67. The van der Waals surface area contributed by atoms with E-state index in [9.17, 15) is 8.42 Å². The Balaban J connectivity index is 1.93. The molecular formula is C15H16N2O4S3. The molecule has 0 radical (unpaired) electrons. The first-order chi connectivity index (χ1) is 11.5. The zero-order valence-corrected chi connectivity index (χ0v) is 15.3. The number of anilines is 2.